The molecular formula is C73H145NO5. The van der Waals surface area contributed by atoms with Gasteiger partial charge in [-0.05, 0) is 25.7 Å². The summed E-state index contributed by atoms with van der Waals surface area (Å²) < 4.78 is 5.52. The Bertz CT molecular complexity index is 1150. The van der Waals surface area contributed by atoms with E-state index >= 15 is 0 Å². The lowest BCUT2D eigenvalue weighted by Crippen LogP contribution is -2.45. The molecule has 0 aromatic carbocycles. The topological polar surface area (TPSA) is 95.9 Å². The fourth-order valence-corrected chi connectivity index (χ4v) is 12.1. The zero-order valence-electron chi connectivity index (χ0n) is 54.2. The molecule has 0 rings (SSSR count). The zero-order chi connectivity index (χ0) is 57.1. The monoisotopic (exact) mass is 1120 g/mol. The quantitative estimate of drug-likeness (QED) is 0.0417. The van der Waals surface area contributed by atoms with Crippen LogP contribution in [0.4, 0.5) is 0 Å². The van der Waals surface area contributed by atoms with Crippen LogP contribution in [-0.2, 0) is 14.3 Å². The molecule has 472 valence electrons. The van der Waals surface area contributed by atoms with Crippen LogP contribution < -0.4 is 5.32 Å². The van der Waals surface area contributed by atoms with Crippen molar-refractivity contribution < 1.29 is 24.5 Å². The van der Waals surface area contributed by atoms with Crippen molar-refractivity contribution in [3.05, 3.63) is 0 Å². The van der Waals surface area contributed by atoms with Crippen molar-refractivity contribution in [1.82, 2.24) is 5.32 Å². The summed E-state index contributed by atoms with van der Waals surface area (Å²) in [5, 5.41) is 23.3. The minimum absolute atomic E-state index is 0.0262. The number of hydrogen-bond donors (Lipinski definition) is 3. The van der Waals surface area contributed by atoms with Crippen molar-refractivity contribution in [3.63, 3.8) is 0 Å². The molecule has 0 aliphatic carbocycles. The standard InChI is InChI=1S/C73H145NO5/c1-3-5-7-9-11-13-15-17-18-19-32-36-39-43-47-51-55-59-63-67-73(78)79-68-64-60-56-52-48-44-40-37-34-31-29-27-25-23-21-20-22-24-26-28-30-33-35-38-42-46-50-54-58-62-66-72(77)74-70(69-75)71(76)65-61-57-53-49-45-41-16-14-12-10-8-6-4-2/h70-71,75-76H,3-69H2,1-2H3,(H,74,77). The lowest BCUT2D eigenvalue weighted by atomic mass is 10.0. The molecule has 0 heterocycles. The third kappa shape index (κ3) is 65.9. The van der Waals surface area contributed by atoms with E-state index in [1.165, 1.54) is 360 Å². The number of aliphatic hydroxyl groups excluding tert-OH is 2. The Kier molecular flexibility index (Phi) is 68.4. The van der Waals surface area contributed by atoms with Crippen molar-refractivity contribution >= 4 is 11.9 Å². The molecule has 0 aromatic heterocycles. The molecule has 79 heavy (non-hydrogen) atoms. The Balaban J connectivity index is 3.29. The van der Waals surface area contributed by atoms with Gasteiger partial charge in [0, 0.05) is 12.8 Å². The molecule has 2 atom stereocenters. The summed E-state index contributed by atoms with van der Waals surface area (Å²) in [6.45, 7) is 5.00. The van der Waals surface area contributed by atoms with Crippen molar-refractivity contribution in [2.45, 2.75) is 443 Å². The second-order valence-electron chi connectivity index (χ2n) is 25.6. The highest BCUT2D eigenvalue weighted by atomic mass is 16.5. The molecule has 0 saturated carbocycles. The number of ether oxygens (including phenoxy) is 1. The number of aliphatic hydroxyl groups is 2. The molecule has 6 heteroatoms. The average molecular weight is 1120 g/mol. The van der Waals surface area contributed by atoms with Crippen LogP contribution in [0.2, 0.25) is 0 Å². The summed E-state index contributed by atoms with van der Waals surface area (Å²) in [5.74, 6) is -0.00181. The first-order valence-corrected chi connectivity index (χ1v) is 36.8. The van der Waals surface area contributed by atoms with Crippen LogP contribution in [0.15, 0.2) is 0 Å². The smallest absolute Gasteiger partial charge is 0.305 e. The number of amides is 1. The molecule has 0 aromatic rings. The third-order valence-corrected chi connectivity index (χ3v) is 17.7. The van der Waals surface area contributed by atoms with Gasteiger partial charge in [-0.1, -0.05) is 393 Å². The second kappa shape index (κ2) is 69.4. The minimum Gasteiger partial charge on any atom is -0.466 e. The van der Waals surface area contributed by atoms with E-state index in [1.807, 2.05) is 0 Å². The van der Waals surface area contributed by atoms with E-state index in [2.05, 4.69) is 19.2 Å². The zero-order valence-corrected chi connectivity index (χ0v) is 54.2. The van der Waals surface area contributed by atoms with E-state index in [0.717, 1.165) is 38.5 Å². The summed E-state index contributed by atoms with van der Waals surface area (Å²) in [5.41, 5.74) is 0. The minimum atomic E-state index is -0.660. The van der Waals surface area contributed by atoms with Gasteiger partial charge in [0.1, 0.15) is 0 Å². The molecule has 0 aliphatic heterocycles. The van der Waals surface area contributed by atoms with Crippen molar-refractivity contribution in [3.8, 4) is 0 Å². The van der Waals surface area contributed by atoms with Gasteiger partial charge in [-0.15, -0.1) is 0 Å². The first-order valence-electron chi connectivity index (χ1n) is 36.8. The van der Waals surface area contributed by atoms with Crippen molar-refractivity contribution in [1.29, 1.82) is 0 Å². The molecular weight excluding hydrogens is 971 g/mol. The number of hydrogen-bond acceptors (Lipinski definition) is 5. The van der Waals surface area contributed by atoms with Gasteiger partial charge in [-0.3, -0.25) is 9.59 Å². The number of rotatable bonds is 70. The first-order chi connectivity index (χ1) is 39.0. The Labute approximate surface area is 496 Å². The van der Waals surface area contributed by atoms with Crippen molar-refractivity contribution in [2.75, 3.05) is 13.2 Å². The maximum Gasteiger partial charge on any atom is 0.305 e. The maximum absolute atomic E-state index is 12.5. The Morgan fingerprint density at radius 2 is 0.519 bits per heavy atom. The molecule has 0 spiro atoms. The van der Waals surface area contributed by atoms with Gasteiger partial charge in [-0.2, -0.15) is 0 Å². The van der Waals surface area contributed by atoms with Gasteiger partial charge >= 0.3 is 5.97 Å². The maximum atomic E-state index is 12.5. The van der Waals surface area contributed by atoms with Gasteiger partial charge in [0.05, 0.1) is 25.4 Å². The van der Waals surface area contributed by atoms with E-state index < -0.39 is 12.1 Å². The number of carbonyl (C=O) groups excluding carboxylic acids is 2. The lowest BCUT2D eigenvalue weighted by molar-refractivity contribution is -0.143. The fraction of sp³-hybridized carbons (Fsp3) is 0.973. The van der Waals surface area contributed by atoms with E-state index in [4.69, 9.17) is 4.74 Å². The number of unbranched alkanes of at least 4 members (excludes halogenated alkanes) is 59. The summed E-state index contributed by atoms with van der Waals surface area (Å²) >= 11 is 0. The van der Waals surface area contributed by atoms with Gasteiger partial charge < -0.3 is 20.3 Å². The Hall–Kier alpha value is -1.14. The molecule has 0 fully saturated rings. The first kappa shape index (κ1) is 77.9. The van der Waals surface area contributed by atoms with Gasteiger partial charge in [0.25, 0.3) is 0 Å². The predicted molar refractivity (Wildman–Crippen MR) is 347 cm³/mol. The van der Waals surface area contributed by atoms with E-state index in [0.29, 0.717) is 25.9 Å². The summed E-state index contributed by atoms with van der Waals surface area (Å²) in [6.07, 6.45) is 84.6. The molecule has 2 unspecified atom stereocenters. The van der Waals surface area contributed by atoms with Crippen LogP contribution in [0.1, 0.15) is 431 Å². The van der Waals surface area contributed by atoms with Crippen LogP contribution in [0, 0.1) is 0 Å². The number of nitrogens with one attached hydrogen (secondary N) is 1. The molecule has 3 N–H and O–H groups in total. The van der Waals surface area contributed by atoms with E-state index in [9.17, 15) is 19.8 Å². The number of esters is 1. The SMILES string of the molecule is CCCCCCCCCCCCCCCCCCCCCC(=O)OCCCCCCCCCCCCCCCCCCCCCCCCCCCCCCCCC(=O)NC(CO)C(O)CCCCCCCCCCCCCCC. The second-order valence-corrected chi connectivity index (χ2v) is 25.6. The average Bonchev–Trinajstić information content (AvgIpc) is 3.45. The Morgan fingerprint density at radius 3 is 0.772 bits per heavy atom. The fourth-order valence-electron chi connectivity index (χ4n) is 12.1. The molecule has 0 saturated heterocycles. The summed E-state index contributed by atoms with van der Waals surface area (Å²) in [6, 6.07) is -0.536. The van der Waals surface area contributed by atoms with Crippen LogP contribution in [0.25, 0.3) is 0 Å². The van der Waals surface area contributed by atoms with Crippen LogP contribution in [0.3, 0.4) is 0 Å². The van der Waals surface area contributed by atoms with Crippen LogP contribution >= 0.6 is 0 Å². The van der Waals surface area contributed by atoms with E-state index in [1.54, 1.807) is 0 Å². The number of carbonyl (C=O) groups is 2. The highest BCUT2D eigenvalue weighted by molar-refractivity contribution is 5.76. The highest BCUT2D eigenvalue weighted by Crippen LogP contribution is 2.20. The van der Waals surface area contributed by atoms with Gasteiger partial charge in [0.15, 0.2) is 0 Å². The lowest BCUT2D eigenvalue weighted by Gasteiger charge is -2.22. The predicted octanol–water partition coefficient (Wildman–Crippen LogP) is 23.8. The summed E-state index contributed by atoms with van der Waals surface area (Å²) in [4.78, 5) is 24.6. The normalized spacial score (nSPS) is 12.4. The molecule has 1 amide bonds. The van der Waals surface area contributed by atoms with Crippen LogP contribution in [-0.4, -0.2) is 47.4 Å². The van der Waals surface area contributed by atoms with E-state index in [-0.39, 0.29) is 18.5 Å². The largest absolute Gasteiger partial charge is 0.466 e. The molecule has 0 bridgehead atoms. The van der Waals surface area contributed by atoms with Crippen LogP contribution in [0.5, 0.6) is 0 Å². The summed E-state index contributed by atoms with van der Waals surface area (Å²) in [7, 11) is 0. The molecule has 6 nitrogen and oxygen atoms in total. The molecule has 0 aliphatic rings. The van der Waals surface area contributed by atoms with Gasteiger partial charge in [0.2, 0.25) is 5.91 Å². The van der Waals surface area contributed by atoms with Gasteiger partial charge in [-0.25, -0.2) is 0 Å². The van der Waals surface area contributed by atoms with Crippen molar-refractivity contribution in [2.24, 2.45) is 0 Å². The third-order valence-electron chi connectivity index (χ3n) is 17.7. The Morgan fingerprint density at radius 1 is 0.304 bits per heavy atom. The highest BCUT2D eigenvalue weighted by Gasteiger charge is 2.20. The molecule has 0 radical (unpaired) electrons.